The molecule has 0 spiro atoms. The van der Waals surface area contributed by atoms with Crippen molar-refractivity contribution in [3.05, 3.63) is 12.2 Å². The van der Waals surface area contributed by atoms with Crippen molar-refractivity contribution >= 4 is 0 Å². The molecule has 0 bridgehead atoms. The molecule has 0 aromatic carbocycles. The normalized spacial score (nSPS) is 26.9. The van der Waals surface area contributed by atoms with E-state index in [1.54, 1.807) is 0 Å². The maximum atomic E-state index is 9.06. The Kier molecular flexibility index (Phi) is 3.64. The van der Waals surface area contributed by atoms with Gasteiger partial charge in [-0.3, -0.25) is 0 Å². The summed E-state index contributed by atoms with van der Waals surface area (Å²) in [6.07, 6.45) is 10.4. The van der Waals surface area contributed by atoms with Crippen molar-refractivity contribution in [2.45, 2.75) is 45.1 Å². The molecule has 1 aliphatic carbocycles. The third kappa shape index (κ3) is 3.57. The summed E-state index contributed by atoms with van der Waals surface area (Å²) in [4.78, 5) is 0. The lowest BCUT2D eigenvalue weighted by Crippen LogP contribution is -2.07. The van der Waals surface area contributed by atoms with Gasteiger partial charge in [0.2, 0.25) is 0 Å². The Labute approximate surface area is 69.1 Å². The van der Waals surface area contributed by atoms with Crippen molar-refractivity contribution < 1.29 is 5.11 Å². The van der Waals surface area contributed by atoms with E-state index >= 15 is 0 Å². The molecule has 1 unspecified atom stereocenters. The SMILES string of the molecule is C[C@H](O)CCC1CC=CCC1. The molecule has 2 atom stereocenters. The van der Waals surface area contributed by atoms with Gasteiger partial charge in [-0.2, -0.15) is 0 Å². The van der Waals surface area contributed by atoms with E-state index < -0.39 is 0 Å². The van der Waals surface area contributed by atoms with Crippen molar-refractivity contribution in [1.29, 1.82) is 0 Å². The van der Waals surface area contributed by atoms with Gasteiger partial charge in [0, 0.05) is 0 Å². The fraction of sp³-hybridized carbons (Fsp3) is 0.800. The molecule has 0 saturated heterocycles. The number of hydrogen-bond donors (Lipinski definition) is 1. The predicted molar refractivity (Wildman–Crippen MR) is 47.4 cm³/mol. The average molecular weight is 154 g/mol. The monoisotopic (exact) mass is 154 g/mol. The van der Waals surface area contributed by atoms with Crippen LogP contribution in [0.2, 0.25) is 0 Å². The first-order chi connectivity index (χ1) is 5.29. The molecule has 64 valence electrons. The summed E-state index contributed by atoms with van der Waals surface area (Å²) < 4.78 is 0. The molecule has 1 rings (SSSR count). The van der Waals surface area contributed by atoms with Gasteiger partial charge >= 0.3 is 0 Å². The van der Waals surface area contributed by atoms with Crippen molar-refractivity contribution in [3.63, 3.8) is 0 Å². The zero-order valence-corrected chi connectivity index (χ0v) is 7.29. The van der Waals surface area contributed by atoms with Crippen LogP contribution in [0.1, 0.15) is 39.0 Å². The standard InChI is InChI=1S/C10H18O/c1-9(11)7-8-10-5-3-2-4-6-10/h2-3,9-11H,4-8H2,1H3/t9-,10?/m0/s1. The first-order valence-electron chi connectivity index (χ1n) is 4.62. The maximum Gasteiger partial charge on any atom is 0.0512 e. The number of allylic oxidation sites excluding steroid dienone is 2. The number of hydrogen-bond acceptors (Lipinski definition) is 1. The van der Waals surface area contributed by atoms with Crippen LogP contribution in [0.15, 0.2) is 12.2 Å². The zero-order valence-electron chi connectivity index (χ0n) is 7.29. The minimum atomic E-state index is -0.110. The minimum Gasteiger partial charge on any atom is -0.393 e. The average Bonchev–Trinajstić information content (AvgIpc) is 2.03. The van der Waals surface area contributed by atoms with Crippen molar-refractivity contribution in [1.82, 2.24) is 0 Å². The number of rotatable bonds is 3. The highest BCUT2D eigenvalue weighted by Gasteiger charge is 2.10. The number of aliphatic hydroxyl groups excluding tert-OH is 1. The lowest BCUT2D eigenvalue weighted by Gasteiger charge is -2.17. The van der Waals surface area contributed by atoms with Gasteiger partial charge in [-0.15, -0.1) is 0 Å². The third-order valence-electron chi connectivity index (χ3n) is 2.37. The van der Waals surface area contributed by atoms with Gasteiger partial charge < -0.3 is 5.11 Å². The molecule has 0 aliphatic heterocycles. The van der Waals surface area contributed by atoms with Crippen LogP contribution in [0.4, 0.5) is 0 Å². The third-order valence-corrected chi connectivity index (χ3v) is 2.37. The van der Waals surface area contributed by atoms with Crippen molar-refractivity contribution in [2.24, 2.45) is 5.92 Å². The Morgan fingerprint density at radius 3 is 2.91 bits per heavy atom. The topological polar surface area (TPSA) is 20.2 Å². The summed E-state index contributed by atoms with van der Waals surface area (Å²) in [6.45, 7) is 1.87. The molecule has 0 saturated carbocycles. The Morgan fingerprint density at radius 2 is 2.36 bits per heavy atom. The van der Waals surface area contributed by atoms with Crippen LogP contribution >= 0.6 is 0 Å². The van der Waals surface area contributed by atoms with E-state index in [0.717, 1.165) is 12.3 Å². The summed E-state index contributed by atoms with van der Waals surface area (Å²) in [5, 5.41) is 9.06. The van der Waals surface area contributed by atoms with Gasteiger partial charge in [-0.05, 0) is 44.9 Å². The molecule has 11 heavy (non-hydrogen) atoms. The highest BCUT2D eigenvalue weighted by atomic mass is 16.3. The van der Waals surface area contributed by atoms with E-state index in [2.05, 4.69) is 12.2 Å². The van der Waals surface area contributed by atoms with Crippen LogP contribution in [0.25, 0.3) is 0 Å². The van der Waals surface area contributed by atoms with Crippen LogP contribution in [0.5, 0.6) is 0 Å². The summed E-state index contributed by atoms with van der Waals surface area (Å²) in [6, 6.07) is 0. The highest BCUT2D eigenvalue weighted by Crippen LogP contribution is 2.23. The minimum absolute atomic E-state index is 0.110. The second-order valence-electron chi connectivity index (χ2n) is 3.58. The van der Waals surface area contributed by atoms with Crippen LogP contribution < -0.4 is 0 Å². The second-order valence-corrected chi connectivity index (χ2v) is 3.58. The van der Waals surface area contributed by atoms with E-state index in [4.69, 9.17) is 5.11 Å². The molecule has 1 heteroatoms. The van der Waals surface area contributed by atoms with E-state index in [-0.39, 0.29) is 6.10 Å². The first kappa shape index (κ1) is 8.79. The Bertz CT molecular complexity index is 127. The summed E-state index contributed by atoms with van der Waals surface area (Å²) in [7, 11) is 0. The molecule has 0 heterocycles. The second kappa shape index (κ2) is 4.55. The molecule has 0 aromatic rings. The molecule has 1 N–H and O–H groups in total. The molecule has 0 aromatic heterocycles. The van der Waals surface area contributed by atoms with E-state index in [1.807, 2.05) is 6.92 Å². The van der Waals surface area contributed by atoms with Gasteiger partial charge in [0.1, 0.15) is 0 Å². The van der Waals surface area contributed by atoms with Crippen LogP contribution in [-0.2, 0) is 0 Å². The molecule has 0 fully saturated rings. The lowest BCUT2D eigenvalue weighted by molar-refractivity contribution is 0.172. The van der Waals surface area contributed by atoms with E-state index in [9.17, 15) is 0 Å². The molecule has 1 nitrogen and oxygen atoms in total. The van der Waals surface area contributed by atoms with Gasteiger partial charge in [0.15, 0.2) is 0 Å². The van der Waals surface area contributed by atoms with Crippen LogP contribution in [0.3, 0.4) is 0 Å². The molecular weight excluding hydrogens is 136 g/mol. The fourth-order valence-corrected chi connectivity index (χ4v) is 1.60. The maximum absolute atomic E-state index is 9.06. The van der Waals surface area contributed by atoms with Gasteiger partial charge in [0.05, 0.1) is 6.10 Å². The van der Waals surface area contributed by atoms with Crippen LogP contribution in [0, 0.1) is 5.92 Å². The number of aliphatic hydroxyl groups is 1. The Morgan fingerprint density at radius 1 is 1.55 bits per heavy atom. The first-order valence-corrected chi connectivity index (χ1v) is 4.62. The van der Waals surface area contributed by atoms with Gasteiger partial charge in [0.25, 0.3) is 0 Å². The quantitative estimate of drug-likeness (QED) is 0.619. The Hall–Kier alpha value is -0.300. The lowest BCUT2D eigenvalue weighted by atomic mass is 9.89. The predicted octanol–water partition coefficient (Wildman–Crippen LogP) is 2.50. The van der Waals surface area contributed by atoms with Gasteiger partial charge in [-0.25, -0.2) is 0 Å². The van der Waals surface area contributed by atoms with E-state index in [0.29, 0.717) is 0 Å². The van der Waals surface area contributed by atoms with Crippen molar-refractivity contribution in [3.8, 4) is 0 Å². The van der Waals surface area contributed by atoms with E-state index in [1.165, 1.54) is 25.7 Å². The highest BCUT2D eigenvalue weighted by molar-refractivity contribution is 4.89. The Balaban J connectivity index is 2.11. The summed E-state index contributed by atoms with van der Waals surface area (Å²) in [5.41, 5.74) is 0. The van der Waals surface area contributed by atoms with Crippen molar-refractivity contribution in [2.75, 3.05) is 0 Å². The van der Waals surface area contributed by atoms with Crippen LogP contribution in [-0.4, -0.2) is 11.2 Å². The molecule has 0 radical (unpaired) electrons. The smallest absolute Gasteiger partial charge is 0.0512 e. The summed E-state index contributed by atoms with van der Waals surface area (Å²) >= 11 is 0. The largest absolute Gasteiger partial charge is 0.393 e. The van der Waals surface area contributed by atoms with Gasteiger partial charge in [-0.1, -0.05) is 12.2 Å². The summed E-state index contributed by atoms with van der Waals surface area (Å²) in [5.74, 6) is 0.842. The molecular formula is C10H18O. The molecule has 0 amide bonds. The zero-order chi connectivity index (χ0) is 8.10. The molecule has 1 aliphatic rings. The fourth-order valence-electron chi connectivity index (χ4n) is 1.60.